The van der Waals surface area contributed by atoms with E-state index >= 15 is 0 Å². The van der Waals surface area contributed by atoms with E-state index in [-0.39, 0.29) is 5.82 Å². The van der Waals surface area contributed by atoms with Gasteiger partial charge in [0, 0.05) is 6.20 Å². The van der Waals surface area contributed by atoms with E-state index in [1.807, 2.05) is 0 Å². The van der Waals surface area contributed by atoms with Gasteiger partial charge < -0.3 is 5.32 Å². The first-order valence-corrected chi connectivity index (χ1v) is 4.24. The van der Waals surface area contributed by atoms with Crippen LogP contribution >= 0.6 is 0 Å². The maximum absolute atomic E-state index is 11.5. The molecular weight excluding hydrogens is 196 g/mol. The molecule has 0 spiro atoms. The van der Waals surface area contributed by atoms with Gasteiger partial charge in [-0.3, -0.25) is 9.89 Å². The fourth-order valence-corrected chi connectivity index (χ4v) is 0.985. The molecule has 1 amide bonds. The first-order chi connectivity index (χ1) is 7.25. The van der Waals surface area contributed by atoms with Crippen LogP contribution in [0.3, 0.4) is 0 Å². The number of hydrogen-bond donors (Lipinski definition) is 2. The highest BCUT2D eigenvalue weighted by Crippen LogP contribution is 2.00. The molecule has 7 heteroatoms. The Morgan fingerprint density at radius 1 is 1.53 bits per heavy atom. The van der Waals surface area contributed by atoms with Gasteiger partial charge in [0.25, 0.3) is 5.91 Å². The fourth-order valence-electron chi connectivity index (χ4n) is 0.985. The van der Waals surface area contributed by atoms with Gasteiger partial charge in [-0.25, -0.2) is 4.98 Å². The van der Waals surface area contributed by atoms with E-state index in [4.69, 9.17) is 0 Å². The van der Waals surface area contributed by atoms with Crippen LogP contribution in [0.5, 0.6) is 0 Å². The Balaban J connectivity index is 2.11. The largest absolute Gasteiger partial charge is 0.302 e. The lowest BCUT2D eigenvalue weighted by atomic mass is 10.5. The smallest absolute Gasteiger partial charge is 0.296 e. The van der Waals surface area contributed by atoms with Gasteiger partial charge in [0.2, 0.25) is 5.82 Å². The van der Waals surface area contributed by atoms with Gasteiger partial charge in [0.15, 0.2) is 5.82 Å². The third kappa shape index (κ3) is 2.13. The molecule has 2 heterocycles. The molecule has 2 aromatic rings. The number of nitrogens with zero attached hydrogens (tertiary/aromatic N) is 4. The number of carbonyl (C=O) groups is 1. The molecule has 76 valence electrons. The van der Waals surface area contributed by atoms with Crippen LogP contribution in [0.15, 0.2) is 18.3 Å². The van der Waals surface area contributed by atoms with Crippen molar-refractivity contribution in [2.75, 3.05) is 5.32 Å². The second kappa shape index (κ2) is 3.82. The average Bonchev–Trinajstić information content (AvgIpc) is 2.66. The number of hydrogen-bond acceptors (Lipinski definition) is 5. The number of amides is 1. The molecule has 0 aliphatic rings. The Labute approximate surface area is 85.0 Å². The lowest BCUT2D eigenvalue weighted by Crippen LogP contribution is -2.14. The minimum atomic E-state index is -0.417. The molecule has 0 aliphatic heterocycles. The van der Waals surface area contributed by atoms with E-state index in [2.05, 4.69) is 30.7 Å². The van der Waals surface area contributed by atoms with Gasteiger partial charge in [-0.2, -0.15) is 5.10 Å². The minimum Gasteiger partial charge on any atom is -0.302 e. The summed E-state index contributed by atoms with van der Waals surface area (Å²) in [7, 11) is 0. The van der Waals surface area contributed by atoms with E-state index in [0.29, 0.717) is 11.6 Å². The zero-order valence-corrected chi connectivity index (χ0v) is 7.93. The minimum absolute atomic E-state index is 0.0816. The number of aromatic nitrogens is 5. The van der Waals surface area contributed by atoms with Crippen LogP contribution in [-0.4, -0.2) is 31.3 Å². The summed E-state index contributed by atoms with van der Waals surface area (Å²) in [6, 6.07) is 3.30. The SMILES string of the molecule is Cc1nc(C(=O)Nc2cccnn2)n[nH]1. The van der Waals surface area contributed by atoms with E-state index in [9.17, 15) is 4.79 Å². The Hall–Kier alpha value is -2.31. The van der Waals surface area contributed by atoms with Crippen LogP contribution in [0.2, 0.25) is 0 Å². The average molecular weight is 204 g/mol. The number of carbonyl (C=O) groups excluding carboxylic acids is 1. The Morgan fingerprint density at radius 2 is 2.40 bits per heavy atom. The topological polar surface area (TPSA) is 96.5 Å². The van der Waals surface area contributed by atoms with Gasteiger partial charge >= 0.3 is 0 Å². The number of nitrogens with one attached hydrogen (secondary N) is 2. The van der Waals surface area contributed by atoms with Crippen LogP contribution in [-0.2, 0) is 0 Å². The summed E-state index contributed by atoms with van der Waals surface area (Å²) in [6.07, 6.45) is 1.52. The lowest BCUT2D eigenvalue weighted by molar-refractivity contribution is 0.101. The number of aryl methyl sites for hydroxylation is 1. The van der Waals surface area contributed by atoms with Crippen molar-refractivity contribution in [1.82, 2.24) is 25.4 Å². The predicted octanol–water partition coefficient (Wildman–Crippen LogP) is 0.155. The van der Waals surface area contributed by atoms with Crippen LogP contribution in [0.1, 0.15) is 16.4 Å². The predicted molar refractivity (Wildman–Crippen MR) is 51.1 cm³/mol. The highest BCUT2D eigenvalue weighted by Gasteiger charge is 2.11. The highest BCUT2D eigenvalue weighted by molar-refractivity contribution is 6.00. The first-order valence-electron chi connectivity index (χ1n) is 4.24. The third-order valence-corrected chi connectivity index (χ3v) is 1.61. The Kier molecular flexibility index (Phi) is 2.36. The molecule has 15 heavy (non-hydrogen) atoms. The van der Waals surface area contributed by atoms with Crippen molar-refractivity contribution in [3.63, 3.8) is 0 Å². The van der Waals surface area contributed by atoms with Gasteiger partial charge in [-0.1, -0.05) is 0 Å². The quantitative estimate of drug-likeness (QED) is 0.726. The molecule has 0 saturated heterocycles. The molecule has 2 rings (SSSR count). The van der Waals surface area contributed by atoms with Gasteiger partial charge in [0.05, 0.1) is 0 Å². The summed E-state index contributed by atoms with van der Waals surface area (Å²) < 4.78 is 0. The van der Waals surface area contributed by atoms with Crippen LogP contribution in [0.25, 0.3) is 0 Å². The van der Waals surface area contributed by atoms with Gasteiger partial charge in [-0.15, -0.1) is 10.2 Å². The molecule has 0 unspecified atom stereocenters. The molecule has 0 bridgehead atoms. The third-order valence-electron chi connectivity index (χ3n) is 1.61. The second-order valence-electron chi connectivity index (χ2n) is 2.81. The Morgan fingerprint density at radius 3 is 3.00 bits per heavy atom. The number of aromatic amines is 1. The number of rotatable bonds is 2. The van der Waals surface area contributed by atoms with E-state index in [0.717, 1.165) is 0 Å². The van der Waals surface area contributed by atoms with Gasteiger partial charge in [0.1, 0.15) is 5.82 Å². The summed E-state index contributed by atoms with van der Waals surface area (Å²) in [5, 5.41) is 16.1. The highest BCUT2D eigenvalue weighted by atomic mass is 16.2. The lowest BCUT2D eigenvalue weighted by Gasteiger charge is -1.98. The second-order valence-corrected chi connectivity index (χ2v) is 2.81. The van der Waals surface area contributed by atoms with Crippen LogP contribution < -0.4 is 5.32 Å². The molecule has 0 atom stereocenters. The maximum Gasteiger partial charge on any atom is 0.296 e. The monoisotopic (exact) mass is 204 g/mol. The molecule has 2 aromatic heterocycles. The molecule has 0 aliphatic carbocycles. The van der Waals surface area contributed by atoms with Gasteiger partial charge in [-0.05, 0) is 19.1 Å². The Bertz CT molecular complexity index is 465. The summed E-state index contributed by atoms with van der Waals surface area (Å²) >= 11 is 0. The molecule has 0 aromatic carbocycles. The molecular formula is C8H8N6O. The van der Waals surface area contributed by atoms with Crippen molar-refractivity contribution in [3.8, 4) is 0 Å². The van der Waals surface area contributed by atoms with Crippen molar-refractivity contribution < 1.29 is 4.79 Å². The zero-order valence-electron chi connectivity index (χ0n) is 7.93. The standard InChI is InChI=1S/C8H8N6O/c1-5-10-7(14-12-5)8(15)11-6-3-2-4-9-13-6/h2-4H,1H3,(H,10,12,14)(H,11,13,15). The van der Waals surface area contributed by atoms with Crippen molar-refractivity contribution in [2.24, 2.45) is 0 Å². The zero-order chi connectivity index (χ0) is 10.7. The van der Waals surface area contributed by atoms with E-state index < -0.39 is 5.91 Å². The summed E-state index contributed by atoms with van der Waals surface area (Å²) in [5.74, 6) is 0.613. The molecule has 2 N–H and O–H groups in total. The van der Waals surface area contributed by atoms with E-state index in [1.54, 1.807) is 19.1 Å². The van der Waals surface area contributed by atoms with Crippen molar-refractivity contribution in [2.45, 2.75) is 6.92 Å². The fraction of sp³-hybridized carbons (Fsp3) is 0.125. The molecule has 0 radical (unpaired) electrons. The summed E-state index contributed by atoms with van der Waals surface area (Å²) in [6.45, 7) is 1.71. The summed E-state index contributed by atoms with van der Waals surface area (Å²) in [4.78, 5) is 15.4. The van der Waals surface area contributed by atoms with Crippen LogP contribution in [0, 0.1) is 6.92 Å². The molecule has 7 nitrogen and oxygen atoms in total. The normalized spacial score (nSPS) is 9.93. The summed E-state index contributed by atoms with van der Waals surface area (Å²) in [5.41, 5.74) is 0. The first kappa shape index (κ1) is 9.25. The molecule has 0 saturated carbocycles. The van der Waals surface area contributed by atoms with Crippen molar-refractivity contribution >= 4 is 11.7 Å². The van der Waals surface area contributed by atoms with Crippen LogP contribution in [0.4, 0.5) is 5.82 Å². The molecule has 0 fully saturated rings. The maximum atomic E-state index is 11.5. The number of H-pyrrole nitrogens is 1. The van der Waals surface area contributed by atoms with Crippen molar-refractivity contribution in [1.29, 1.82) is 0 Å². The van der Waals surface area contributed by atoms with Crippen molar-refractivity contribution in [3.05, 3.63) is 30.0 Å². The van der Waals surface area contributed by atoms with E-state index in [1.165, 1.54) is 6.20 Å². The number of anilines is 1.